The largest absolute Gasteiger partial charge is 0.506 e. The minimum atomic E-state index is -0.877. The molecule has 0 fully saturated rings. The Hall–Kier alpha value is -1.66. The molecular formula is C13H13Cl2FN2O3. The number of rotatable bonds is 5. The van der Waals surface area contributed by atoms with Gasteiger partial charge in [0.1, 0.15) is 16.5 Å². The Balaban J connectivity index is 3.42. The molecule has 0 aromatic carbocycles. The normalized spacial score (nSPS) is 12.4. The van der Waals surface area contributed by atoms with Crippen molar-refractivity contribution < 1.29 is 19.0 Å². The molecule has 1 rings (SSSR count). The zero-order chi connectivity index (χ0) is 16.0. The zero-order valence-corrected chi connectivity index (χ0v) is 12.9. The molecule has 0 amide bonds. The first-order valence-electron chi connectivity index (χ1n) is 6.04. The minimum absolute atomic E-state index is 0.108. The highest BCUT2D eigenvalue weighted by Crippen LogP contribution is 2.27. The number of carbonyl (C=O) groups excluding carboxylic acids is 1. The van der Waals surface area contributed by atoms with Crippen LogP contribution in [0, 0.1) is 5.82 Å². The average Bonchev–Trinajstić information content (AvgIpc) is 2.43. The molecule has 8 heteroatoms. The van der Waals surface area contributed by atoms with E-state index < -0.39 is 22.7 Å². The van der Waals surface area contributed by atoms with Crippen LogP contribution in [0.3, 0.4) is 0 Å². The quantitative estimate of drug-likeness (QED) is 0.294. The van der Waals surface area contributed by atoms with Gasteiger partial charge in [-0.3, -0.25) is 4.99 Å². The van der Waals surface area contributed by atoms with Gasteiger partial charge in [0.15, 0.2) is 11.0 Å². The van der Waals surface area contributed by atoms with Crippen molar-refractivity contribution in [1.29, 1.82) is 0 Å². The summed E-state index contributed by atoms with van der Waals surface area (Å²) >= 11 is 11.3. The second kappa shape index (κ2) is 7.95. The number of pyridine rings is 1. The number of aliphatic hydroxyl groups excluding tert-OH is 1. The maximum Gasteiger partial charge on any atom is 0.343 e. The Morgan fingerprint density at radius 2 is 2.14 bits per heavy atom. The fraction of sp³-hybridized carbons (Fsp3) is 0.308. The Morgan fingerprint density at radius 1 is 1.48 bits per heavy atom. The Morgan fingerprint density at radius 3 is 2.71 bits per heavy atom. The molecule has 0 aliphatic carbocycles. The number of hydrogen-bond donors (Lipinski definition) is 1. The number of esters is 1. The Kier molecular flexibility index (Phi) is 6.58. The van der Waals surface area contributed by atoms with Crippen molar-refractivity contribution in [3.8, 4) is 0 Å². The summed E-state index contributed by atoms with van der Waals surface area (Å²) in [6, 6.07) is 0.881. The highest BCUT2D eigenvalue weighted by atomic mass is 35.5. The highest BCUT2D eigenvalue weighted by Gasteiger charge is 2.20. The van der Waals surface area contributed by atoms with Crippen molar-refractivity contribution >= 4 is 41.1 Å². The fourth-order valence-corrected chi connectivity index (χ4v) is 1.77. The lowest BCUT2D eigenvalue weighted by molar-refractivity contribution is -0.137. The molecule has 114 valence electrons. The molecule has 0 bridgehead atoms. The number of nitrogens with zero attached hydrogens (tertiary/aromatic N) is 2. The second-order valence-corrected chi connectivity index (χ2v) is 4.43. The van der Waals surface area contributed by atoms with Gasteiger partial charge >= 0.3 is 5.97 Å². The van der Waals surface area contributed by atoms with Crippen LogP contribution in [-0.4, -0.2) is 35.4 Å². The lowest BCUT2D eigenvalue weighted by Crippen LogP contribution is -2.12. The number of carbonyl (C=O) groups is 1. The molecule has 1 aromatic rings. The third-order valence-electron chi connectivity index (χ3n) is 2.30. The lowest BCUT2D eigenvalue weighted by Gasteiger charge is -2.08. The van der Waals surface area contributed by atoms with Crippen LogP contribution in [0.4, 0.5) is 4.39 Å². The lowest BCUT2D eigenvalue weighted by atomic mass is 10.1. The van der Waals surface area contributed by atoms with Crippen molar-refractivity contribution in [1.82, 2.24) is 4.98 Å². The highest BCUT2D eigenvalue weighted by molar-refractivity contribution is 6.33. The number of halogens is 3. The summed E-state index contributed by atoms with van der Waals surface area (Å²) < 4.78 is 18.3. The van der Waals surface area contributed by atoms with Crippen LogP contribution < -0.4 is 0 Å². The van der Waals surface area contributed by atoms with Crippen LogP contribution in [0.15, 0.2) is 16.6 Å². The van der Waals surface area contributed by atoms with E-state index in [-0.39, 0.29) is 22.9 Å². The fourth-order valence-electron chi connectivity index (χ4n) is 1.36. The topological polar surface area (TPSA) is 71.8 Å². The smallest absolute Gasteiger partial charge is 0.343 e. The molecule has 0 unspecified atom stereocenters. The van der Waals surface area contributed by atoms with E-state index in [1.165, 1.54) is 0 Å². The molecule has 21 heavy (non-hydrogen) atoms. The van der Waals surface area contributed by atoms with Gasteiger partial charge in [-0.15, -0.1) is 0 Å². The predicted octanol–water partition coefficient (Wildman–Crippen LogP) is 3.45. The third kappa shape index (κ3) is 4.41. The first-order chi connectivity index (χ1) is 9.92. The number of hydrogen-bond acceptors (Lipinski definition) is 5. The molecule has 1 N–H and O–H groups in total. The number of aliphatic imine (C=N–C) groups is 1. The molecular weight excluding hydrogens is 322 g/mol. The van der Waals surface area contributed by atoms with E-state index in [1.807, 2.05) is 0 Å². The van der Waals surface area contributed by atoms with Gasteiger partial charge in [-0.05, 0) is 19.9 Å². The maximum atomic E-state index is 13.4. The predicted molar refractivity (Wildman–Crippen MR) is 79.4 cm³/mol. The van der Waals surface area contributed by atoms with Gasteiger partial charge < -0.3 is 9.84 Å². The molecule has 0 saturated heterocycles. The Labute approximate surface area is 131 Å². The van der Waals surface area contributed by atoms with Crippen molar-refractivity contribution in [2.24, 2.45) is 4.99 Å². The molecule has 0 radical (unpaired) electrons. The van der Waals surface area contributed by atoms with Crippen molar-refractivity contribution in [3.63, 3.8) is 0 Å². The van der Waals surface area contributed by atoms with Gasteiger partial charge in [0.25, 0.3) is 0 Å². The summed E-state index contributed by atoms with van der Waals surface area (Å²) in [5, 5.41) is 9.47. The number of aromatic nitrogens is 1. The van der Waals surface area contributed by atoms with E-state index in [0.717, 1.165) is 12.3 Å². The maximum absolute atomic E-state index is 13.4. The van der Waals surface area contributed by atoms with E-state index >= 15 is 0 Å². The third-order valence-corrected chi connectivity index (χ3v) is 2.85. The number of ether oxygens (including phenoxy) is 1. The van der Waals surface area contributed by atoms with Crippen LogP contribution >= 0.6 is 23.2 Å². The molecule has 0 aliphatic rings. The van der Waals surface area contributed by atoms with Crippen LogP contribution in [-0.2, 0) is 9.53 Å². The molecule has 5 nitrogen and oxygen atoms in total. The van der Waals surface area contributed by atoms with E-state index in [1.54, 1.807) is 13.8 Å². The van der Waals surface area contributed by atoms with Crippen molar-refractivity contribution in [3.05, 3.63) is 33.3 Å². The first-order valence-corrected chi connectivity index (χ1v) is 6.80. The molecule has 0 atom stereocenters. The molecule has 0 spiro atoms. The summed E-state index contributed by atoms with van der Waals surface area (Å²) in [6.07, 6.45) is 1.14. The summed E-state index contributed by atoms with van der Waals surface area (Å²) in [5.74, 6) is -2.27. The zero-order valence-electron chi connectivity index (χ0n) is 11.4. The summed E-state index contributed by atoms with van der Waals surface area (Å²) in [5.41, 5.74) is -0.423. The van der Waals surface area contributed by atoms with Crippen LogP contribution in [0.2, 0.25) is 10.3 Å². The summed E-state index contributed by atoms with van der Waals surface area (Å²) in [7, 11) is 0. The molecule has 0 saturated carbocycles. The van der Waals surface area contributed by atoms with Gasteiger partial charge in [0.2, 0.25) is 0 Å². The van der Waals surface area contributed by atoms with Crippen molar-refractivity contribution in [2.75, 3.05) is 13.2 Å². The van der Waals surface area contributed by atoms with Crippen LogP contribution in [0.5, 0.6) is 0 Å². The van der Waals surface area contributed by atoms with Gasteiger partial charge in [0, 0.05) is 12.8 Å². The molecule has 1 heterocycles. The first kappa shape index (κ1) is 17.4. The van der Waals surface area contributed by atoms with E-state index in [2.05, 4.69) is 9.98 Å². The van der Waals surface area contributed by atoms with Gasteiger partial charge in [-0.2, -0.15) is 0 Å². The SMILES string of the molecule is CCN=CC(C(=O)OCC)=C(O)c1cc(F)c(Cl)nc1Cl. The monoisotopic (exact) mass is 334 g/mol. The van der Waals surface area contributed by atoms with E-state index in [9.17, 15) is 14.3 Å². The molecule has 1 aromatic heterocycles. The van der Waals surface area contributed by atoms with E-state index in [4.69, 9.17) is 27.9 Å². The van der Waals surface area contributed by atoms with Crippen LogP contribution in [0.25, 0.3) is 5.76 Å². The van der Waals surface area contributed by atoms with Gasteiger partial charge in [-0.1, -0.05) is 23.2 Å². The van der Waals surface area contributed by atoms with Crippen molar-refractivity contribution in [2.45, 2.75) is 13.8 Å². The second-order valence-electron chi connectivity index (χ2n) is 3.71. The van der Waals surface area contributed by atoms with Crippen LogP contribution in [0.1, 0.15) is 19.4 Å². The summed E-state index contributed by atoms with van der Waals surface area (Å²) in [4.78, 5) is 19.2. The van der Waals surface area contributed by atoms with E-state index in [0.29, 0.717) is 6.54 Å². The molecule has 0 aliphatic heterocycles. The number of aliphatic hydroxyl groups is 1. The Bertz CT molecular complexity index is 603. The summed E-state index contributed by atoms with van der Waals surface area (Å²) in [6.45, 7) is 3.85. The standard InChI is InChI=1S/C13H13Cl2FN2O3/c1-3-17-6-8(13(20)21-4-2)10(19)7-5-9(16)12(15)18-11(7)14/h5-6,19H,3-4H2,1-2H3. The van der Waals surface area contributed by atoms with Gasteiger partial charge in [-0.25, -0.2) is 14.2 Å². The van der Waals surface area contributed by atoms with Gasteiger partial charge in [0.05, 0.1) is 12.2 Å². The average molecular weight is 335 g/mol. The minimum Gasteiger partial charge on any atom is -0.506 e.